The van der Waals surface area contributed by atoms with Crippen molar-refractivity contribution in [1.82, 2.24) is 0 Å². The molecule has 2 aliphatic rings. The molecule has 0 spiro atoms. The molecule has 1 saturated carbocycles. The highest BCUT2D eigenvalue weighted by molar-refractivity contribution is 9.09. The average Bonchev–Trinajstić information content (AvgIpc) is 2.64. The second-order valence-corrected chi connectivity index (χ2v) is 7.45. The van der Waals surface area contributed by atoms with E-state index in [0.29, 0.717) is 12.5 Å². The molecule has 2 unspecified atom stereocenters. The van der Waals surface area contributed by atoms with Gasteiger partial charge in [-0.05, 0) is 43.4 Å². The number of halogens is 1. The Bertz CT molecular complexity index is 493. The summed E-state index contributed by atoms with van der Waals surface area (Å²) >= 11 is 3.82. The Morgan fingerprint density at radius 1 is 1.29 bits per heavy atom. The van der Waals surface area contributed by atoms with Crippen molar-refractivity contribution in [1.29, 1.82) is 0 Å². The van der Waals surface area contributed by atoms with Crippen molar-refractivity contribution in [3.8, 4) is 11.5 Å². The molecule has 0 amide bonds. The molecule has 1 fully saturated rings. The van der Waals surface area contributed by atoms with E-state index in [4.69, 9.17) is 14.2 Å². The van der Waals surface area contributed by atoms with Gasteiger partial charge >= 0.3 is 0 Å². The van der Waals surface area contributed by atoms with Crippen LogP contribution < -0.4 is 9.47 Å². The Balaban J connectivity index is 1.74. The standard InChI is InChI=1S/C17H23BrO3/c1-12-10-20-15-5-4-13(8-16(15)21-11-12)14(18)9-17(19-2)6-3-7-17/h4-5,8,12,14H,3,6-7,9-11H2,1-2H3. The van der Waals surface area contributed by atoms with Gasteiger partial charge in [0.25, 0.3) is 0 Å². The maximum Gasteiger partial charge on any atom is 0.161 e. The molecule has 0 N–H and O–H groups in total. The topological polar surface area (TPSA) is 27.7 Å². The zero-order chi connectivity index (χ0) is 14.9. The zero-order valence-corrected chi connectivity index (χ0v) is 14.3. The minimum absolute atomic E-state index is 0.0623. The highest BCUT2D eigenvalue weighted by atomic mass is 79.9. The number of alkyl halides is 1. The molecule has 0 saturated heterocycles. The van der Waals surface area contributed by atoms with Gasteiger partial charge in [0, 0.05) is 17.9 Å². The van der Waals surface area contributed by atoms with Crippen LogP contribution in [0, 0.1) is 5.92 Å². The number of hydrogen-bond donors (Lipinski definition) is 0. The first kappa shape index (κ1) is 15.2. The summed E-state index contributed by atoms with van der Waals surface area (Å²) in [5.41, 5.74) is 1.29. The van der Waals surface area contributed by atoms with Crippen LogP contribution >= 0.6 is 15.9 Å². The van der Waals surface area contributed by atoms with Crippen molar-refractivity contribution in [3.05, 3.63) is 23.8 Å². The van der Waals surface area contributed by atoms with Gasteiger partial charge in [-0.3, -0.25) is 0 Å². The van der Waals surface area contributed by atoms with Crippen LogP contribution in [-0.4, -0.2) is 25.9 Å². The third-order valence-corrected chi connectivity index (χ3v) is 5.48. The van der Waals surface area contributed by atoms with Crippen molar-refractivity contribution in [2.45, 2.75) is 43.0 Å². The summed E-state index contributed by atoms with van der Waals surface area (Å²) in [6, 6.07) is 6.26. The molecule has 1 aliphatic carbocycles. The average molecular weight is 355 g/mol. The van der Waals surface area contributed by atoms with Crippen LogP contribution in [0.5, 0.6) is 11.5 Å². The summed E-state index contributed by atoms with van der Waals surface area (Å²) in [4.78, 5) is 0.285. The fourth-order valence-corrected chi connectivity index (χ4v) is 3.85. The van der Waals surface area contributed by atoms with Crippen LogP contribution in [0.1, 0.15) is 43.0 Å². The molecule has 1 heterocycles. The lowest BCUT2D eigenvalue weighted by atomic mass is 9.76. The van der Waals surface area contributed by atoms with Crippen molar-refractivity contribution < 1.29 is 14.2 Å². The van der Waals surface area contributed by atoms with E-state index in [0.717, 1.165) is 37.4 Å². The van der Waals surface area contributed by atoms with E-state index in [-0.39, 0.29) is 10.4 Å². The number of ether oxygens (including phenoxy) is 3. The molecule has 1 aromatic carbocycles. The second kappa shape index (κ2) is 6.17. The van der Waals surface area contributed by atoms with E-state index in [9.17, 15) is 0 Å². The molecule has 0 radical (unpaired) electrons. The minimum atomic E-state index is 0.0623. The van der Waals surface area contributed by atoms with Gasteiger partial charge in [-0.2, -0.15) is 0 Å². The maximum absolute atomic E-state index is 5.87. The second-order valence-electron chi connectivity index (χ2n) is 6.35. The Hall–Kier alpha value is -0.740. The van der Waals surface area contributed by atoms with Gasteiger partial charge in [0.2, 0.25) is 0 Å². The largest absolute Gasteiger partial charge is 0.489 e. The summed E-state index contributed by atoms with van der Waals surface area (Å²) in [6.07, 6.45) is 4.59. The van der Waals surface area contributed by atoms with Crippen molar-refractivity contribution in [2.75, 3.05) is 20.3 Å². The molecule has 1 aliphatic heterocycles. The highest BCUT2D eigenvalue weighted by Crippen LogP contribution is 2.45. The summed E-state index contributed by atoms with van der Waals surface area (Å²) < 4.78 is 17.4. The zero-order valence-electron chi connectivity index (χ0n) is 12.7. The van der Waals surface area contributed by atoms with Gasteiger partial charge < -0.3 is 14.2 Å². The fourth-order valence-electron chi connectivity index (χ4n) is 2.97. The molecule has 2 atom stereocenters. The maximum atomic E-state index is 5.87. The van der Waals surface area contributed by atoms with Crippen LogP contribution in [0.4, 0.5) is 0 Å². The smallest absolute Gasteiger partial charge is 0.161 e. The molecule has 3 nitrogen and oxygen atoms in total. The number of rotatable bonds is 4. The van der Waals surface area contributed by atoms with Crippen molar-refractivity contribution in [2.24, 2.45) is 5.92 Å². The van der Waals surface area contributed by atoms with Crippen LogP contribution in [-0.2, 0) is 4.74 Å². The van der Waals surface area contributed by atoms with Gasteiger partial charge in [0.05, 0.1) is 18.8 Å². The number of fused-ring (bicyclic) bond motifs is 1. The molecule has 1 aromatic rings. The molecule has 21 heavy (non-hydrogen) atoms. The lowest BCUT2D eigenvalue weighted by molar-refractivity contribution is -0.0773. The van der Waals surface area contributed by atoms with Crippen molar-refractivity contribution in [3.63, 3.8) is 0 Å². The number of methoxy groups -OCH3 is 1. The Kier molecular flexibility index (Phi) is 4.46. The SMILES string of the molecule is COC1(CC(Br)c2ccc3c(c2)OCC(C)CO3)CCC1. The Labute approximate surface area is 135 Å². The molecule has 116 valence electrons. The normalized spacial score (nSPS) is 24.8. The summed E-state index contributed by atoms with van der Waals surface area (Å²) in [5.74, 6) is 2.14. The van der Waals surface area contributed by atoms with Crippen molar-refractivity contribution >= 4 is 15.9 Å². The fraction of sp³-hybridized carbons (Fsp3) is 0.647. The Morgan fingerprint density at radius 3 is 2.62 bits per heavy atom. The van der Waals surface area contributed by atoms with Crippen LogP contribution in [0.2, 0.25) is 0 Å². The van der Waals surface area contributed by atoms with Gasteiger partial charge in [-0.1, -0.05) is 28.9 Å². The van der Waals surface area contributed by atoms with E-state index in [1.807, 2.05) is 13.2 Å². The number of hydrogen-bond acceptors (Lipinski definition) is 3. The van der Waals surface area contributed by atoms with Crippen LogP contribution in [0.3, 0.4) is 0 Å². The summed E-state index contributed by atoms with van der Waals surface area (Å²) in [5, 5.41) is 0. The van der Waals surface area contributed by atoms with E-state index < -0.39 is 0 Å². The first-order valence-corrected chi connectivity index (χ1v) is 8.62. The molecule has 0 aromatic heterocycles. The molecule has 4 heteroatoms. The molecule has 0 bridgehead atoms. The Morgan fingerprint density at radius 2 is 2.00 bits per heavy atom. The highest BCUT2D eigenvalue weighted by Gasteiger charge is 2.38. The van der Waals surface area contributed by atoms with Crippen LogP contribution in [0.25, 0.3) is 0 Å². The monoisotopic (exact) mass is 354 g/mol. The molecular weight excluding hydrogens is 332 g/mol. The van der Waals surface area contributed by atoms with E-state index in [1.54, 1.807) is 0 Å². The molecular formula is C17H23BrO3. The first-order chi connectivity index (χ1) is 10.1. The van der Waals surface area contributed by atoms with Gasteiger partial charge in [0.1, 0.15) is 0 Å². The summed E-state index contributed by atoms with van der Waals surface area (Å²) in [7, 11) is 1.83. The van der Waals surface area contributed by atoms with E-state index in [2.05, 4.69) is 35.0 Å². The predicted octanol–water partition coefficient (Wildman–Crippen LogP) is 4.49. The third kappa shape index (κ3) is 3.21. The lowest BCUT2D eigenvalue weighted by Crippen LogP contribution is -2.39. The summed E-state index contributed by atoms with van der Waals surface area (Å²) in [6.45, 7) is 3.57. The van der Waals surface area contributed by atoms with E-state index in [1.165, 1.54) is 12.0 Å². The van der Waals surface area contributed by atoms with Gasteiger partial charge in [-0.15, -0.1) is 0 Å². The lowest BCUT2D eigenvalue weighted by Gasteiger charge is -2.42. The third-order valence-electron chi connectivity index (χ3n) is 4.63. The van der Waals surface area contributed by atoms with Gasteiger partial charge in [-0.25, -0.2) is 0 Å². The van der Waals surface area contributed by atoms with Gasteiger partial charge in [0.15, 0.2) is 11.5 Å². The minimum Gasteiger partial charge on any atom is -0.489 e. The van der Waals surface area contributed by atoms with E-state index >= 15 is 0 Å². The first-order valence-electron chi connectivity index (χ1n) is 7.71. The quantitative estimate of drug-likeness (QED) is 0.745. The predicted molar refractivity (Wildman–Crippen MR) is 86.5 cm³/mol. The molecule has 3 rings (SSSR count). The number of benzene rings is 1. The van der Waals surface area contributed by atoms with Crippen LogP contribution in [0.15, 0.2) is 18.2 Å².